The summed E-state index contributed by atoms with van der Waals surface area (Å²) in [5.74, 6) is -1.93. The van der Waals surface area contributed by atoms with Gasteiger partial charge in [-0.3, -0.25) is 4.40 Å². The van der Waals surface area contributed by atoms with Crippen LogP contribution < -0.4 is 14.6 Å². The molecule has 0 amide bonds. The van der Waals surface area contributed by atoms with Crippen LogP contribution in [0.15, 0.2) is 29.4 Å². The molecule has 0 spiro atoms. The van der Waals surface area contributed by atoms with Crippen LogP contribution in [0.4, 0.5) is 13.2 Å². The van der Waals surface area contributed by atoms with Crippen LogP contribution in [-0.2, 0) is 14.8 Å². The summed E-state index contributed by atoms with van der Waals surface area (Å²) in [7, 11) is -3.12. The number of ether oxygens (including phenoxy) is 3. The van der Waals surface area contributed by atoms with Gasteiger partial charge in [0.2, 0.25) is 5.88 Å². The number of primary sulfonamides is 1. The number of alkyl halides is 2. The van der Waals surface area contributed by atoms with Gasteiger partial charge in [-0.1, -0.05) is 0 Å². The summed E-state index contributed by atoms with van der Waals surface area (Å²) in [5, 5.41) is 5.01. The van der Waals surface area contributed by atoms with Crippen LogP contribution in [-0.4, -0.2) is 56.1 Å². The van der Waals surface area contributed by atoms with Crippen LogP contribution in [0.3, 0.4) is 0 Å². The van der Waals surface area contributed by atoms with E-state index < -0.39 is 39.8 Å². The van der Waals surface area contributed by atoms with Crippen molar-refractivity contribution in [3.05, 3.63) is 35.8 Å². The first kappa shape index (κ1) is 21.3. The molecule has 1 aliphatic heterocycles. The van der Waals surface area contributed by atoms with Crippen LogP contribution in [0, 0.1) is 5.82 Å². The Morgan fingerprint density at radius 2 is 2.03 bits per heavy atom. The predicted octanol–water partition coefficient (Wildman–Crippen LogP) is 1.95. The van der Waals surface area contributed by atoms with Crippen molar-refractivity contribution in [1.82, 2.24) is 14.4 Å². The highest BCUT2D eigenvalue weighted by molar-refractivity contribution is 7.89. The van der Waals surface area contributed by atoms with Gasteiger partial charge in [-0.15, -0.1) is 0 Å². The van der Waals surface area contributed by atoms with E-state index in [1.54, 1.807) is 12.1 Å². The maximum absolute atomic E-state index is 14.5. The van der Waals surface area contributed by atoms with Gasteiger partial charge in [0.15, 0.2) is 17.5 Å². The lowest BCUT2D eigenvalue weighted by Crippen LogP contribution is -2.25. The molecule has 31 heavy (non-hydrogen) atoms. The van der Waals surface area contributed by atoms with E-state index in [1.807, 2.05) is 0 Å². The maximum atomic E-state index is 14.5. The van der Waals surface area contributed by atoms with Gasteiger partial charge >= 0.3 is 0 Å². The Morgan fingerprint density at radius 1 is 1.29 bits per heavy atom. The molecule has 1 aliphatic rings. The van der Waals surface area contributed by atoms with Crippen molar-refractivity contribution < 1.29 is 35.8 Å². The summed E-state index contributed by atoms with van der Waals surface area (Å²) >= 11 is 0. The number of halogens is 3. The Balaban J connectivity index is 1.89. The zero-order valence-corrected chi connectivity index (χ0v) is 16.9. The molecule has 0 bridgehead atoms. The second kappa shape index (κ2) is 7.98. The van der Waals surface area contributed by atoms with Crippen molar-refractivity contribution >= 4 is 15.7 Å². The van der Waals surface area contributed by atoms with Crippen LogP contribution in [0.25, 0.3) is 16.9 Å². The Morgan fingerprint density at radius 3 is 2.61 bits per heavy atom. The van der Waals surface area contributed by atoms with E-state index in [9.17, 15) is 21.6 Å². The van der Waals surface area contributed by atoms with E-state index in [2.05, 4.69) is 14.7 Å². The third-order valence-corrected chi connectivity index (χ3v) is 5.62. The minimum absolute atomic E-state index is 0.134. The molecule has 9 nitrogen and oxygen atoms in total. The number of methoxy groups -OCH3 is 1. The number of aromatic nitrogens is 3. The Kier molecular flexibility index (Phi) is 5.49. The van der Waals surface area contributed by atoms with Gasteiger partial charge < -0.3 is 14.2 Å². The molecular formula is C18H17F3N4O5S. The summed E-state index contributed by atoms with van der Waals surface area (Å²) in [4.78, 5) is 8.07. The van der Waals surface area contributed by atoms with Crippen molar-refractivity contribution in [2.24, 2.45) is 5.14 Å². The highest BCUT2D eigenvalue weighted by atomic mass is 32.2. The first-order valence-electron chi connectivity index (χ1n) is 8.97. The predicted molar refractivity (Wildman–Crippen MR) is 101 cm³/mol. The minimum atomic E-state index is -4.32. The van der Waals surface area contributed by atoms with Gasteiger partial charge in [-0.25, -0.2) is 31.7 Å². The average molecular weight is 458 g/mol. The minimum Gasteiger partial charge on any atom is -0.480 e. The van der Waals surface area contributed by atoms with Gasteiger partial charge in [0.05, 0.1) is 25.9 Å². The lowest BCUT2D eigenvalue weighted by atomic mass is 9.99. The maximum Gasteiger partial charge on any atom is 0.272 e. The van der Waals surface area contributed by atoms with Crippen molar-refractivity contribution in [1.29, 1.82) is 0 Å². The lowest BCUT2D eigenvalue weighted by molar-refractivity contribution is 0.00843. The molecule has 4 rings (SSSR count). The topological polar surface area (TPSA) is 118 Å². The Bertz CT molecular complexity index is 1240. The van der Waals surface area contributed by atoms with Gasteiger partial charge in [-0.05, 0) is 23.8 Å². The van der Waals surface area contributed by atoms with Crippen molar-refractivity contribution in [3.63, 3.8) is 0 Å². The number of hydrogen-bond donors (Lipinski definition) is 1. The molecule has 0 aliphatic carbocycles. The van der Waals surface area contributed by atoms with Gasteiger partial charge in [0, 0.05) is 12.1 Å². The number of imidazole rings is 1. The first-order chi connectivity index (χ1) is 14.7. The van der Waals surface area contributed by atoms with Crippen LogP contribution in [0.1, 0.15) is 11.5 Å². The van der Waals surface area contributed by atoms with E-state index in [1.165, 1.54) is 17.7 Å². The third-order valence-electron chi connectivity index (χ3n) is 4.69. The molecule has 4 heterocycles. The van der Waals surface area contributed by atoms with Crippen molar-refractivity contribution in [3.8, 4) is 23.0 Å². The fraction of sp³-hybridized carbons (Fsp3) is 0.333. The zero-order chi connectivity index (χ0) is 22.3. The van der Waals surface area contributed by atoms with Crippen molar-refractivity contribution in [2.75, 3.05) is 26.9 Å². The summed E-state index contributed by atoms with van der Waals surface area (Å²) in [6.45, 7) is 0.000503. The van der Waals surface area contributed by atoms with Crippen molar-refractivity contribution in [2.45, 2.75) is 17.4 Å². The zero-order valence-electron chi connectivity index (χ0n) is 16.1. The molecule has 3 aromatic heterocycles. The largest absolute Gasteiger partial charge is 0.480 e. The lowest BCUT2D eigenvalue weighted by Gasteiger charge is -2.26. The number of rotatable bonds is 7. The molecule has 0 radical (unpaired) electrons. The van der Waals surface area contributed by atoms with Gasteiger partial charge in [0.25, 0.3) is 22.3 Å². The Hall–Kier alpha value is -2.90. The monoisotopic (exact) mass is 458 g/mol. The smallest absolute Gasteiger partial charge is 0.272 e. The second-order valence-corrected chi connectivity index (χ2v) is 8.24. The first-order valence-corrected chi connectivity index (χ1v) is 10.5. The number of nitrogens with two attached hydrogens (primary N) is 1. The second-order valence-electron chi connectivity index (χ2n) is 6.77. The van der Waals surface area contributed by atoms with E-state index in [0.29, 0.717) is 13.2 Å². The van der Waals surface area contributed by atoms with E-state index >= 15 is 0 Å². The molecule has 0 unspecified atom stereocenters. The Labute approximate surface area is 174 Å². The highest BCUT2D eigenvalue weighted by Crippen LogP contribution is 2.36. The van der Waals surface area contributed by atoms with Crippen LogP contribution in [0.5, 0.6) is 11.8 Å². The summed E-state index contributed by atoms with van der Waals surface area (Å²) < 4.78 is 80.2. The molecule has 0 aromatic carbocycles. The van der Waals surface area contributed by atoms with E-state index in [-0.39, 0.29) is 28.7 Å². The summed E-state index contributed by atoms with van der Waals surface area (Å²) in [6.07, 6.45) is -1.34. The molecule has 2 N–H and O–H groups in total. The molecule has 13 heteroatoms. The molecule has 3 aromatic rings. The number of sulfonamides is 1. The fourth-order valence-corrected chi connectivity index (χ4v) is 4.05. The number of pyridine rings is 2. The van der Waals surface area contributed by atoms with E-state index in [4.69, 9.17) is 14.6 Å². The third kappa shape index (κ3) is 4.03. The average Bonchev–Trinajstić information content (AvgIpc) is 3.04. The number of fused-ring (bicyclic) bond motifs is 1. The molecule has 166 valence electrons. The molecular weight excluding hydrogens is 441 g/mol. The fourth-order valence-electron chi connectivity index (χ4n) is 3.19. The number of nitrogens with zero attached hydrogens (tertiary/aromatic N) is 3. The quantitative estimate of drug-likeness (QED) is 0.575. The molecule has 0 saturated carbocycles. The van der Waals surface area contributed by atoms with Crippen LogP contribution in [0.2, 0.25) is 0 Å². The highest BCUT2D eigenvalue weighted by Gasteiger charge is 2.29. The van der Waals surface area contributed by atoms with Crippen LogP contribution >= 0.6 is 0 Å². The van der Waals surface area contributed by atoms with E-state index in [0.717, 1.165) is 11.6 Å². The summed E-state index contributed by atoms with van der Waals surface area (Å²) in [5.41, 5.74) is 0.811. The van der Waals surface area contributed by atoms with Gasteiger partial charge in [0.1, 0.15) is 11.3 Å². The summed E-state index contributed by atoms with van der Waals surface area (Å²) in [6, 6.07) is 4.25. The number of hydrogen-bond acceptors (Lipinski definition) is 7. The normalized spacial score (nSPS) is 14.8. The van der Waals surface area contributed by atoms with Gasteiger partial charge in [-0.2, -0.15) is 4.98 Å². The standard InChI is InChI=1S/C18H17F3N4O5S/c1-28-16-11(5-12(19)17(24-16)30-8-13(20)21)15-18(31(22,26)27)25-3-2-9(4-14(25)23-15)10-6-29-7-10/h2-5,10,13H,6-8H2,1H3,(H2,22,26,27). The SMILES string of the molecule is COc1nc(OCC(F)F)c(F)cc1-c1nc2cc(C3COC3)ccn2c1S(N)(=O)=O. The molecule has 0 atom stereocenters. The molecule has 1 saturated heterocycles. The molecule has 1 fully saturated rings.